The van der Waals surface area contributed by atoms with Crippen molar-refractivity contribution in [3.05, 3.63) is 40.7 Å². The SMILES string of the molecule is CC(C)(C)c1nnc(Cl)n1-c1cc(F)c(F)cc1F. The molecule has 2 aromatic rings. The van der Waals surface area contributed by atoms with Gasteiger partial charge in [-0.05, 0) is 11.6 Å². The van der Waals surface area contributed by atoms with Crippen LogP contribution in [0.15, 0.2) is 12.1 Å². The molecule has 0 amide bonds. The van der Waals surface area contributed by atoms with Crippen molar-refractivity contribution in [3.63, 3.8) is 0 Å². The molecule has 2 rings (SSSR count). The standard InChI is InChI=1S/C12H11ClF3N3/c1-12(2,3)10-17-18-11(13)19(10)9-5-7(15)6(14)4-8(9)16/h4-5H,1-3H3. The molecule has 19 heavy (non-hydrogen) atoms. The first-order chi connectivity index (χ1) is 8.71. The van der Waals surface area contributed by atoms with Crippen molar-refractivity contribution in [2.24, 2.45) is 0 Å². The van der Waals surface area contributed by atoms with Crippen molar-refractivity contribution in [1.82, 2.24) is 14.8 Å². The van der Waals surface area contributed by atoms with Crippen molar-refractivity contribution in [3.8, 4) is 5.69 Å². The van der Waals surface area contributed by atoms with Crippen molar-refractivity contribution < 1.29 is 13.2 Å². The van der Waals surface area contributed by atoms with E-state index in [1.54, 1.807) is 0 Å². The Morgan fingerprint density at radius 1 is 1.00 bits per heavy atom. The number of aromatic nitrogens is 3. The Balaban J connectivity index is 2.73. The lowest BCUT2D eigenvalue weighted by Crippen LogP contribution is -2.19. The van der Waals surface area contributed by atoms with Gasteiger partial charge in [0.15, 0.2) is 11.6 Å². The van der Waals surface area contributed by atoms with Crippen molar-refractivity contribution >= 4 is 11.6 Å². The molecule has 0 saturated heterocycles. The Kier molecular flexibility index (Phi) is 3.30. The topological polar surface area (TPSA) is 30.7 Å². The van der Waals surface area contributed by atoms with E-state index in [4.69, 9.17) is 11.6 Å². The van der Waals surface area contributed by atoms with Crippen LogP contribution in [0.3, 0.4) is 0 Å². The van der Waals surface area contributed by atoms with Crippen molar-refractivity contribution in [2.45, 2.75) is 26.2 Å². The predicted molar refractivity (Wildman–Crippen MR) is 64.9 cm³/mol. The highest BCUT2D eigenvalue weighted by atomic mass is 35.5. The Labute approximate surface area is 113 Å². The lowest BCUT2D eigenvalue weighted by molar-refractivity contribution is 0.488. The summed E-state index contributed by atoms with van der Waals surface area (Å²) in [5.41, 5.74) is -0.712. The van der Waals surface area contributed by atoms with Crippen LogP contribution < -0.4 is 0 Å². The summed E-state index contributed by atoms with van der Waals surface area (Å²) in [6.07, 6.45) is 0. The van der Waals surface area contributed by atoms with E-state index in [1.165, 1.54) is 4.57 Å². The van der Waals surface area contributed by atoms with Gasteiger partial charge in [-0.25, -0.2) is 13.2 Å². The van der Waals surface area contributed by atoms with Crippen LogP contribution in [0, 0.1) is 17.5 Å². The van der Waals surface area contributed by atoms with Crippen LogP contribution in [-0.2, 0) is 5.41 Å². The highest BCUT2D eigenvalue weighted by molar-refractivity contribution is 6.28. The number of nitrogens with zero attached hydrogens (tertiary/aromatic N) is 3. The summed E-state index contributed by atoms with van der Waals surface area (Å²) in [7, 11) is 0. The summed E-state index contributed by atoms with van der Waals surface area (Å²) in [5.74, 6) is -3.02. The maximum Gasteiger partial charge on any atom is 0.229 e. The lowest BCUT2D eigenvalue weighted by atomic mass is 9.95. The van der Waals surface area contributed by atoms with Crippen LogP contribution >= 0.6 is 11.6 Å². The highest BCUT2D eigenvalue weighted by Crippen LogP contribution is 2.28. The number of hydrogen-bond donors (Lipinski definition) is 0. The van der Waals surface area contributed by atoms with Crippen LogP contribution in [0.1, 0.15) is 26.6 Å². The fraction of sp³-hybridized carbons (Fsp3) is 0.333. The molecule has 1 aromatic heterocycles. The first-order valence-corrected chi connectivity index (χ1v) is 5.86. The molecule has 0 aliphatic heterocycles. The van der Waals surface area contributed by atoms with E-state index in [2.05, 4.69) is 10.2 Å². The van der Waals surface area contributed by atoms with Crippen molar-refractivity contribution in [1.29, 1.82) is 0 Å². The average molecular weight is 290 g/mol. The van der Waals surface area contributed by atoms with Gasteiger partial charge in [0.2, 0.25) is 5.28 Å². The molecule has 7 heteroatoms. The molecule has 0 aliphatic carbocycles. The van der Waals surface area contributed by atoms with Gasteiger partial charge in [0, 0.05) is 17.5 Å². The lowest BCUT2D eigenvalue weighted by Gasteiger charge is -2.19. The van der Waals surface area contributed by atoms with E-state index in [0.717, 1.165) is 6.07 Å². The third-order valence-corrected chi connectivity index (χ3v) is 2.77. The van der Waals surface area contributed by atoms with Gasteiger partial charge in [-0.15, -0.1) is 10.2 Å². The summed E-state index contributed by atoms with van der Waals surface area (Å²) in [4.78, 5) is 0. The molecule has 102 valence electrons. The summed E-state index contributed by atoms with van der Waals surface area (Å²) >= 11 is 5.86. The van der Waals surface area contributed by atoms with Crippen LogP contribution in [0.2, 0.25) is 5.28 Å². The Morgan fingerprint density at radius 2 is 1.58 bits per heavy atom. The largest absolute Gasteiger partial charge is 0.266 e. The second-order valence-corrected chi connectivity index (χ2v) is 5.43. The van der Waals surface area contributed by atoms with Gasteiger partial charge in [0.05, 0.1) is 5.69 Å². The molecule has 0 saturated carbocycles. The second kappa shape index (κ2) is 4.52. The van der Waals surface area contributed by atoms with E-state index in [0.29, 0.717) is 11.9 Å². The summed E-state index contributed by atoms with van der Waals surface area (Å²) in [5, 5.41) is 7.39. The summed E-state index contributed by atoms with van der Waals surface area (Å²) in [6.45, 7) is 5.46. The normalized spacial score (nSPS) is 11.9. The number of benzene rings is 1. The monoisotopic (exact) mass is 289 g/mol. The maximum absolute atomic E-state index is 13.8. The first kappa shape index (κ1) is 13.9. The van der Waals surface area contributed by atoms with Gasteiger partial charge in [0.1, 0.15) is 11.6 Å². The van der Waals surface area contributed by atoms with E-state index in [1.807, 2.05) is 20.8 Å². The molecule has 1 heterocycles. The fourth-order valence-corrected chi connectivity index (χ4v) is 1.86. The van der Waals surface area contributed by atoms with Gasteiger partial charge in [-0.1, -0.05) is 20.8 Å². The molecule has 0 bridgehead atoms. The van der Waals surface area contributed by atoms with E-state index >= 15 is 0 Å². The molecule has 0 unspecified atom stereocenters. The van der Waals surface area contributed by atoms with Gasteiger partial charge in [-0.3, -0.25) is 4.57 Å². The van der Waals surface area contributed by atoms with Crippen molar-refractivity contribution in [2.75, 3.05) is 0 Å². The molecule has 0 radical (unpaired) electrons. The molecule has 0 atom stereocenters. The second-order valence-electron chi connectivity index (χ2n) is 5.10. The van der Waals surface area contributed by atoms with E-state index in [9.17, 15) is 13.2 Å². The fourth-order valence-electron chi connectivity index (χ4n) is 1.65. The predicted octanol–water partition coefficient (Wildman–Crippen LogP) is 3.64. The van der Waals surface area contributed by atoms with Crippen LogP contribution in [0.4, 0.5) is 13.2 Å². The molecule has 3 nitrogen and oxygen atoms in total. The average Bonchev–Trinajstić information content (AvgIpc) is 2.65. The first-order valence-electron chi connectivity index (χ1n) is 5.48. The Bertz CT molecular complexity index is 632. The van der Waals surface area contributed by atoms with Crippen LogP contribution in [0.5, 0.6) is 0 Å². The smallest absolute Gasteiger partial charge is 0.229 e. The quantitative estimate of drug-likeness (QED) is 0.751. The van der Waals surface area contributed by atoms with Gasteiger partial charge in [0.25, 0.3) is 0 Å². The molecular weight excluding hydrogens is 279 g/mol. The molecular formula is C12H11ClF3N3. The van der Waals surface area contributed by atoms with Crippen LogP contribution in [0.25, 0.3) is 5.69 Å². The maximum atomic E-state index is 13.8. The van der Waals surface area contributed by atoms with E-state index in [-0.39, 0.29) is 11.0 Å². The van der Waals surface area contributed by atoms with Crippen LogP contribution in [-0.4, -0.2) is 14.8 Å². The minimum atomic E-state index is -1.26. The Morgan fingerprint density at radius 3 is 2.16 bits per heavy atom. The summed E-state index contributed by atoms with van der Waals surface area (Å²) < 4.78 is 41.2. The summed E-state index contributed by atoms with van der Waals surface area (Å²) in [6, 6.07) is 1.20. The molecule has 1 aromatic carbocycles. The zero-order valence-electron chi connectivity index (χ0n) is 10.5. The third kappa shape index (κ3) is 2.45. The highest BCUT2D eigenvalue weighted by Gasteiger charge is 2.26. The zero-order valence-corrected chi connectivity index (χ0v) is 11.3. The number of hydrogen-bond acceptors (Lipinski definition) is 2. The Hall–Kier alpha value is -1.56. The molecule has 0 aliphatic rings. The van der Waals surface area contributed by atoms with Gasteiger partial charge >= 0.3 is 0 Å². The van der Waals surface area contributed by atoms with E-state index < -0.39 is 22.9 Å². The molecule has 0 spiro atoms. The third-order valence-electron chi connectivity index (χ3n) is 2.53. The number of rotatable bonds is 1. The minimum Gasteiger partial charge on any atom is -0.266 e. The zero-order chi connectivity index (χ0) is 14.4. The number of halogens is 4. The minimum absolute atomic E-state index is 0.116. The molecule has 0 fully saturated rings. The van der Waals surface area contributed by atoms with Gasteiger partial charge in [-0.2, -0.15) is 0 Å². The van der Waals surface area contributed by atoms with Gasteiger partial charge < -0.3 is 0 Å². The molecule has 0 N–H and O–H groups in total.